The second-order valence-corrected chi connectivity index (χ2v) is 8.09. The molecule has 0 spiro atoms. The number of ether oxygens (including phenoxy) is 2. The fourth-order valence-electron chi connectivity index (χ4n) is 3.86. The highest BCUT2D eigenvalue weighted by molar-refractivity contribution is 5.85. The predicted molar refractivity (Wildman–Crippen MR) is 119 cm³/mol. The summed E-state index contributed by atoms with van der Waals surface area (Å²) in [6.07, 6.45) is 5.85. The topological polar surface area (TPSA) is 78.5 Å². The van der Waals surface area contributed by atoms with Crippen molar-refractivity contribution in [2.24, 2.45) is 0 Å². The minimum Gasteiger partial charge on any atom is -0.383 e. The quantitative estimate of drug-likeness (QED) is 0.494. The molecule has 4 heterocycles. The number of nitrogens with zero attached hydrogens (tertiary/aromatic N) is 5. The molecule has 0 bridgehead atoms. The first-order valence-corrected chi connectivity index (χ1v) is 10.5. The lowest BCUT2D eigenvalue weighted by atomic mass is 10.1. The van der Waals surface area contributed by atoms with Gasteiger partial charge in [-0.05, 0) is 26.0 Å². The molecule has 0 radical (unpaired) electrons. The van der Waals surface area contributed by atoms with Crippen molar-refractivity contribution in [3.63, 3.8) is 0 Å². The lowest BCUT2D eigenvalue weighted by molar-refractivity contribution is -0.0286. The van der Waals surface area contributed by atoms with Gasteiger partial charge in [-0.1, -0.05) is 23.8 Å². The van der Waals surface area contributed by atoms with E-state index >= 15 is 0 Å². The van der Waals surface area contributed by atoms with Gasteiger partial charge >= 0.3 is 0 Å². The molecule has 3 aromatic heterocycles. The third-order valence-corrected chi connectivity index (χ3v) is 5.53. The Hall–Kier alpha value is -3.23. The maximum Gasteiger partial charge on any atom is 0.241 e. The van der Waals surface area contributed by atoms with Crippen molar-refractivity contribution in [2.75, 3.05) is 32.2 Å². The molecule has 8 nitrogen and oxygen atoms in total. The number of fused-ring (bicyclic) bond motifs is 1. The van der Waals surface area contributed by atoms with Gasteiger partial charge in [0.15, 0.2) is 0 Å². The van der Waals surface area contributed by atoms with Crippen molar-refractivity contribution in [2.45, 2.75) is 25.9 Å². The zero-order chi connectivity index (χ0) is 21.4. The van der Waals surface area contributed by atoms with Crippen LogP contribution in [0.15, 0.2) is 48.9 Å². The molecule has 1 aromatic carbocycles. The molecule has 5 rings (SSSR count). The summed E-state index contributed by atoms with van der Waals surface area (Å²) < 4.78 is 14.5. The van der Waals surface area contributed by atoms with E-state index in [0.717, 1.165) is 27.9 Å². The molecule has 8 heteroatoms. The Bertz CT molecular complexity index is 1210. The lowest BCUT2D eigenvalue weighted by Crippen LogP contribution is -2.30. The minimum atomic E-state index is 0.0998. The van der Waals surface area contributed by atoms with E-state index in [1.54, 1.807) is 7.11 Å². The van der Waals surface area contributed by atoms with Crippen LogP contribution in [0.3, 0.4) is 0 Å². The fourth-order valence-corrected chi connectivity index (χ4v) is 3.86. The highest BCUT2D eigenvalue weighted by atomic mass is 16.5. The number of aryl methyl sites for hydroxylation is 1. The summed E-state index contributed by atoms with van der Waals surface area (Å²) in [4.78, 5) is 4.56. The molecule has 0 saturated carbocycles. The Labute approximate surface area is 180 Å². The first-order valence-electron chi connectivity index (χ1n) is 10.5. The number of aromatic nitrogens is 5. The van der Waals surface area contributed by atoms with Crippen LogP contribution in [-0.2, 0) is 9.47 Å². The highest BCUT2D eigenvalue weighted by Crippen LogP contribution is 2.33. The Morgan fingerprint density at radius 3 is 2.84 bits per heavy atom. The SMILES string of the molecule is COC[C@H](C)Nc1ncc2c(-c3cnn(C4COC4)c3)cc(-c3cccc(C)c3)n2n1. The highest BCUT2D eigenvalue weighted by Gasteiger charge is 2.22. The van der Waals surface area contributed by atoms with Crippen LogP contribution in [0.5, 0.6) is 0 Å². The van der Waals surface area contributed by atoms with Gasteiger partial charge in [0.2, 0.25) is 5.95 Å². The molecule has 1 fully saturated rings. The second kappa shape index (κ2) is 8.13. The zero-order valence-electron chi connectivity index (χ0n) is 17.9. The average molecular weight is 419 g/mol. The van der Waals surface area contributed by atoms with E-state index in [1.807, 2.05) is 28.5 Å². The molecule has 1 aliphatic rings. The van der Waals surface area contributed by atoms with Crippen LogP contribution in [0, 0.1) is 6.92 Å². The van der Waals surface area contributed by atoms with Crippen molar-refractivity contribution in [3.05, 3.63) is 54.5 Å². The number of hydrogen-bond donors (Lipinski definition) is 1. The van der Waals surface area contributed by atoms with E-state index in [1.165, 1.54) is 5.56 Å². The number of rotatable bonds is 7. The standard InChI is InChI=1S/C23H26N6O2/c1-15-5-4-6-17(7-15)21-8-20(18-9-25-28(11-18)19-13-31-14-19)22-10-24-23(27-29(21)22)26-16(2)12-30-3/h4-11,16,19H,12-14H2,1-3H3,(H,26,27)/t16-/m0/s1. The van der Waals surface area contributed by atoms with Gasteiger partial charge in [0.1, 0.15) is 0 Å². The molecule has 0 aliphatic carbocycles. The number of hydrogen-bond acceptors (Lipinski definition) is 6. The Balaban J connectivity index is 1.61. The van der Waals surface area contributed by atoms with E-state index in [9.17, 15) is 0 Å². The number of methoxy groups -OCH3 is 1. The van der Waals surface area contributed by atoms with E-state index in [0.29, 0.717) is 31.8 Å². The van der Waals surface area contributed by atoms with Crippen molar-refractivity contribution in [1.82, 2.24) is 24.4 Å². The first kappa shape index (κ1) is 19.7. The van der Waals surface area contributed by atoms with E-state index < -0.39 is 0 Å². The molecule has 1 saturated heterocycles. The smallest absolute Gasteiger partial charge is 0.241 e. The molecule has 1 aliphatic heterocycles. The number of nitrogens with one attached hydrogen (secondary N) is 1. The summed E-state index contributed by atoms with van der Waals surface area (Å²) in [6.45, 7) is 6.14. The summed E-state index contributed by atoms with van der Waals surface area (Å²) in [5.74, 6) is 0.565. The maximum atomic E-state index is 5.31. The van der Waals surface area contributed by atoms with Crippen LogP contribution in [0.25, 0.3) is 27.9 Å². The molecular weight excluding hydrogens is 392 g/mol. The second-order valence-electron chi connectivity index (χ2n) is 8.09. The van der Waals surface area contributed by atoms with E-state index in [4.69, 9.17) is 14.6 Å². The van der Waals surface area contributed by atoms with E-state index in [-0.39, 0.29) is 6.04 Å². The van der Waals surface area contributed by atoms with Crippen molar-refractivity contribution >= 4 is 11.5 Å². The number of anilines is 1. The van der Waals surface area contributed by atoms with Gasteiger partial charge in [0, 0.05) is 36.0 Å². The van der Waals surface area contributed by atoms with Gasteiger partial charge in [-0.2, -0.15) is 5.10 Å². The maximum absolute atomic E-state index is 5.31. The normalized spacial score (nSPS) is 15.2. The average Bonchev–Trinajstić information content (AvgIpc) is 3.31. The molecule has 31 heavy (non-hydrogen) atoms. The summed E-state index contributed by atoms with van der Waals surface area (Å²) in [7, 11) is 1.69. The molecule has 0 unspecified atom stereocenters. The molecule has 160 valence electrons. The molecular formula is C23H26N6O2. The monoisotopic (exact) mass is 418 g/mol. The van der Waals surface area contributed by atoms with Gasteiger partial charge in [-0.3, -0.25) is 4.68 Å². The van der Waals surface area contributed by atoms with Crippen molar-refractivity contribution in [3.8, 4) is 22.4 Å². The van der Waals surface area contributed by atoms with Gasteiger partial charge < -0.3 is 14.8 Å². The Morgan fingerprint density at radius 1 is 1.23 bits per heavy atom. The zero-order valence-corrected chi connectivity index (χ0v) is 17.9. The van der Waals surface area contributed by atoms with Crippen LogP contribution in [-0.4, -0.2) is 57.4 Å². The predicted octanol–water partition coefficient (Wildman–Crippen LogP) is 3.59. The summed E-state index contributed by atoms with van der Waals surface area (Å²) >= 11 is 0. The Kier molecular flexibility index (Phi) is 5.17. The van der Waals surface area contributed by atoms with Gasteiger partial charge in [-0.25, -0.2) is 9.50 Å². The molecule has 1 N–H and O–H groups in total. The molecule has 4 aromatic rings. The molecule has 1 atom stereocenters. The summed E-state index contributed by atoms with van der Waals surface area (Å²) in [5, 5.41) is 12.7. The number of benzene rings is 1. The minimum absolute atomic E-state index is 0.0998. The van der Waals surface area contributed by atoms with Crippen molar-refractivity contribution in [1.29, 1.82) is 0 Å². The van der Waals surface area contributed by atoms with Crippen LogP contribution in [0.2, 0.25) is 0 Å². The van der Waals surface area contributed by atoms with Gasteiger partial charge in [-0.15, -0.1) is 5.10 Å². The first-order chi connectivity index (χ1) is 15.1. The van der Waals surface area contributed by atoms with Gasteiger partial charge in [0.05, 0.1) is 49.5 Å². The van der Waals surface area contributed by atoms with Crippen LogP contribution < -0.4 is 5.32 Å². The molecule has 0 amide bonds. The lowest BCUT2D eigenvalue weighted by Gasteiger charge is -2.25. The summed E-state index contributed by atoms with van der Waals surface area (Å²) in [5.41, 5.74) is 6.35. The van der Waals surface area contributed by atoms with Crippen LogP contribution >= 0.6 is 0 Å². The van der Waals surface area contributed by atoms with Crippen molar-refractivity contribution < 1.29 is 9.47 Å². The third-order valence-electron chi connectivity index (χ3n) is 5.53. The van der Waals surface area contributed by atoms with Crippen LogP contribution in [0.1, 0.15) is 18.5 Å². The van der Waals surface area contributed by atoms with Gasteiger partial charge in [0.25, 0.3) is 0 Å². The Morgan fingerprint density at radius 2 is 2.10 bits per heavy atom. The van der Waals surface area contributed by atoms with Crippen LogP contribution in [0.4, 0.5) is 5.95 Å². The van der Waals surface area contributed by atoms with E-state index in [2.05, 4.69) is 58.9 Å². The fraction of sp³-hybridized carbons (Fsp3) is 0.348. The summed E-state index contributed by atoms with van der Waals surface area (Å²) in [6, 6.07) is 11.0. The largest absolute Gasteiger partial charge is 0.383 e. The third kappa shape index (κ3) is 3.80.